The van der Waals surface area contributed by atoms with Crippen LogP contribution < -0.4 is 14.5 Å². The summed E-state index contributed by atoms with van der Waals surface area (Å²) in [5.41, 5.74) is -1.90. The number of rotatable bonds is 4. The maximum Gasteiger partial charge on any atom is 0.420 e. The monoisotopic (exact) mass is 572 g/mol. The summed E-state index contributed by atoms with van der Waals surface area (Å²) in [4.78, 5) is 28.6. The fourth-order valence-corrected chi connectivity index (χ4v) is 5.30. The number of fused-ring (bicyclic) bond motifs is 2. The first kappa shape index (κ1) is 25.6. The minimum absolute atomic E-state index is 0.0101. The van der Waals surface area contributed by atoms with Gasteiger partial charge in [-0.25, -0.2) is 23.7 Å². The van der Waals surface area contributed by atoms with Gasteiger partial charge < -0.3 is 19.1 Å². The summed E-state index contributed by atoms with van der Waals surface area (Å²) in [6.07, 6.45) is 0.213. The van der Waals surface area contributed by atoms with Gasteiger partial charge in [-0.2, -0.15) is 13.2 Å². The van der Waals surface area contributed by atoms with Crippen molar-refractivity contribution in [3.8, 4) is 16.9 Å². The molecule has 1 N–H and O–H groups in total. The Morgan fingerprint density at radius 1 is 1.10 bits per heavy atom. The fraction of sp³-hybridized carbons (Fsp3) is 0.333. The zero-order valence-corrected chi connectivity index (χ0v) is 21.4. The predicted octanol–water partition coefficient (Wildman–Crippen LogP) is 3.95. The Bertz CT molecular complexity index is 1730. The molecular formula is C27H21F5N6O3. The lowest BCUT2D eigenvalue weighted by Crippen LogP contribution is -2.69. The van der Waals surface area contributed by atoms with Crippen LogP contribution in [0.2, 0.25) is 0 Å². The minimum Gasteiger partial charge on any atom is -0.472 e. The third-order valence-corrected chi connectivity index (χ3v) is 7.85. The SMILES string of the molecule is Cc1nc2cc(F)c(-c3cnc(N4CC(O)(C(F)(F)F)C4)nc3)cn2c1CN1C(=O)C2(CC2)Oc2c(F)cccc21. The average molecular weight is 572 g/mol. The summed E-state index contributed by atoms with van der Waals surface area (Å²) in [6, 6.07) is 5.58. The smallest absolute Gasteiger partial charge is 0.420 e. The molecule has 0 radical (unpaired) electrons. The quantitative estimate of drug-likeness (QED) is 0.370. The summed E-state index contributed by atoms with van der Waals surface area (Å²) in [5.74, 6) is -1.52. The molecule has 0 unspecified atom stereocenters. The van der Waals surface area contributed by atoms with Crippen molar-refractivity contribution in [1.82, 2.24) is 19.4 Å². The van der Waals surface area contributed by atoms with Gasteiger partial charge >= 0.3 is 6.18 Å². The largest absolute Gasteiger partial charge is 0.472 e. The third-order valence-electron chi connectivity index (χ3n) is 7.85. The summed E-state index contributed by atoms with van der Waals surface area (Å²) in [7, 11) is 0. The number of pyridine rings is 1. The molecule has 0 bridgehead atoms. The number of ether oxygens (including phenoxy) is 1. The van der Waals surface area contributed by atoms with E-state index in [9.17, 15) is 27.5 Å². The molecule has 3 aliphatic rings. The molecule has 1 amide bonds. The number of alkyl halides is 3. The topological polar surface area (TPSA) is 96.1 Å². The Kier molecular flexibility index (Phi) is 5.22. The molecule has 5 heterocycles. The molecular weight excluding hydrogens is 551 g/mol. The molecule has 7 rings (SSSR count). The van der Waals surface area contributed by atoms with Crippen LogP contribution in [0, 0.1) is 18.6 Å². The van der Waals surface area contributed by atoms with Crippen LogP contribution in [-0.4, -0.2) is 60.8 Å². The molecule has 2 fully saturated rings. The van der Waals surface area contributed by atoms with E-state index in [2.05, 4.69) is 15.0 Å². The maximum absolute atomic E-state index is 15.2. The molecule has 0 atom stereocenters. The first-order valence-electron chi connectivity index (χ1n) is 12.7. The Morgan fingerprint density at radius 2 is 1.80 bits per heavy atom. The van der Waals surface area contributed by atoms with E-state index in [1.54, 1.807) is 17.4 Å². The van der Waals surface area contributed by atoms with Gasteiger partial charge in [-0.05, 0) is 19.1 Å². The highest BCUT2D eigenvalue weighted by Gasteiger charge is 2.61. The van der Waals surface area contributed by atoms with Gasteiger partial charge in [0.1, 0.15) is 11.5 Å². The lowest BCUT2D eigenvalue weighted by molar-refractivity contribution is -0.267. The molecule has 1 saturated heterocycles. The number of hydrogen-bond donors (Lipinski definition) is 1. The molecule has 212 valence electrons. The number of halogens is 5. The molecule has 2 aliphatic heterocycles. The van der Waals surface area contributed by atoms with Crippen LogP contribution in [0.4, 0.5) is 33.6 Å². The number of β-amino-alcohol motifs (C(OH)–C–C–N with tert-alkyl or cyclic N) is 1. The Balaban J connectivity index is 1.21. The fourth-order valence-electron chi connectivity index (χ4n) is 5.30. The van der Waals surface area contributed by atoms with Crippen molar-refractivity contribution in [1.29, 1.82) is 0 Å². The van der Waals surface area contributed by atoms with Gasteiger partial charge in [0.25, 0.3) is 5.91 Å². The van der Waals surface area contributed by atoms with Crippen molar-refractivity contribution < 1.29 is 36.6 Å². The second-order valence-electron chi connectivity index (χ2n) is 10.6. The van der Waals surface area contributed by atoms with E-state index in [1.165, 1.54) is 46.6 Å². The lowest BCUT2D eigenvalue weighted by Gasteiger charge is -2.46. The highest BCUT2D eigenvalue weighted by atomic mass is 19.4. The van der Waals surface area contributed by atoms with Crippen molar-refractivity contribution in [2.45, 2.75) is 43.7 Å². The van der Waals surface area contributed by atoms with Crippen LogP contribution >= 0.6 is 0 Å². The summed E-state index contributed by atoms with van der Waals surface area (Å²) in [6.45, 7) is 0.327. The minimum atomic E-state index is -4.77. The van der Waals surface area contributed by atoms with Crippen LogP contribution in [0.5, 0.6) is 5.75 Å². The van der Waals surface area contributed by atoms with Crippen LogP contribution in [0.15, 0.2) is 42.9 Å². The van der Waals surface area contributed by atoms with Gasteiger partial charge in [0, 0.05) is 48.6 Å². The van der Waals surface area contributed by atoms with Crippen molar-refractivity contribution in [2.75, 3.05) is 22.9 Å². The number of benzene rings is 1. The van der Waals surface area contributed by atoms with Gasteiger partial charge in [0.2, 0.25) is 5.95 Å². The number of hydrogen-bond acceptors (Lipinski definition) is 7. The van der Waals surface area contributed by atoms with Gasteiger partial charge in [0.15, 0.2) is 22.8 Å². The third kappa shape index (κ3) is 3.84. The van der Waals surface area contributed by atoms with E-state index in [0.29, 0.717) is 24.2 Å². The van der Waals surface area contributed by atoms with E-state index in [-0.39, 0.29) is 46.6 Å². The van der Waals surface area contributed by atoms with E-state index in [4.69, 9.17) is 4.74 Å². The van der Waals surface area contributed by atoms with Gasteiger partial charge in [0.05, 0.1) is 36.7 Å². The van der Waals surface area contributed by atoms with Crippen molar-refractivity contribution in [3.05, 3.63) is 65.9 Å². The number of anilines is 2. The number of carbonyl (C=O) groups is 1. The van der Waals surface area contributed by atoms with Gasteiger partial charge in [-0.15, -0.1) is 0 Å². The highest BCUT2D eigenvalue weighted by molar-refractivity contribution is 6.04. The molecule has 1 aliphatic carbocycles. The molecule has 4 aromatic rings. The number of aliphatic hydroxyl groups is 1. The summed E-state index contributed by atoms with van der Waals surface area (Å²) >= 11 is 0. The lowest BCUT2D eigenvalue weighted by atomic mass is 9.94. The highest BCUT2D eigenvalue weighted by Crippen LogP contribution is 2.50. The Hall–Kier alpha value is -4.33. The Labute approximate surface area is 228 Å². The van der Waals surface area contributed by atoms with Crippen LogP contribution in [-0.2, 0) is 11.3 Å². The maximum atomic E-state index is 15.2. The number of para-hydroxylation sites is 1. The number of nitrogens with zero attached hydrogens (tertiary/aromatic N) is 6. The van der Waals surface area contributed by atoms with Crippen LogP contribution in [0.1, 0.15) is 24.2 Å². The Morgan fingerprint density at radius 3 is 2.46 bits per heavy atom. The van der Waals surface area contributed by atoms with E-state index in [0.717, 1.165) is 0 Å². The molecule has 14 heteroatoms. The molecule has 3 aromatic heterocycles. The zero-order valence-electron chi connectivity index (χ0n) is 21.4. The number of imidazole rings is 1. The van der Waals surface area contributed by atoms with Crippen molar-refractivity contribution in [3.63, 3.8) is 0 Å². The van der Waals surface area contributed by atoms with Gasteiger partial charge in [-0.1, -0.05) is 6.07 Å². The van der Waals surface area contributed by atoms with E-state index >= 15 is 4.39 Å². The number of amides is 1. The zero-order chi connectivity index (χ0) is 28.9. The predicted molar refractivity (Wildman–Crippen MR) is 134 cm³/mol. The summed E-state index contributed by atoms with van der Waals surface area (Å²) < 4.78 is 76.1. The first-order chi connectivity index (χ1) is 19.4. The second kappa shape index (κ2) is 8.35. The van der Waals surface area contributed by atoms with E-state index < -0.39 is 42.1 Å². The van der Waals surface area contributed by atoms with Crippen LogP contribution in [0.3, 0.4) is 0 Å². The number of aryl methyl sites for hydroxylation is 1. The molecule has 1 aromatic carbocycles. The molecule has 1 spiro atoms. The number of carbonyl (C=O) groups excluding carboxylic acids is 1. The first-order valence-corrected chi connectivity index (χ1v) is 12.7. The molecule has 41 heavy (non-hydrogen) atoms. The standard InChI is InChI=1S/C27H21F5N6O3/c1-14-20(11-38-19-4-2-3-17(28)22(19)41-25(5-6-25)23(38)39)37-10-16(18(29)7-21(37)35-14)15-8-33-24(34-9-15)36-12-26(40,13-36)27(30,31)32/h2-4,7-10,40H,5-6,11-13H2,1H3. The number of aromatic nitrogens is 4. The van der Waals surface area contributed by atoms with E-state index in [1.807, 2.05) is 0 Å². The second-order valence-corrected chi connectivity index (χ2v) is 10.6. The van der Waals surface area contributed by atoms with Crippen molar-refractivity contribution >= 4 is 23.2 Å². The summed E-state index contributed by atoms with van der Waals surface area (Å²) in [5, 5.41) is 9.68. The van der Waals surface area contributed by atoms with Crippen LogP contribution in [0.25, 0.3) is 16.8 Å². The van der Waals surface area contributed by atoms with Crippen molar-refractivity contribution in [2.24, 2.45) is 0 Å². The average Bonchev–Trinajstić information content (AvgIpc) is 3.62. The molecule has 1 saturated carbocycles. The molecule has 9 nitrogen and oxygen atoms in total. The van der Waals surface area contributed by atoms with Gasteiger partial charge in [-0.3, -0.25) is 9.69 Å². The normalized spacial score (nSPS) is 18.9.